The van der Waals surface area contributed by atoms with Gasteiger partial charge in [-0.15, -0.1) is 0 Å². The lowest BCUT2D eigenvalue weighted by atomic mass is 9.91. The number of rotatable bonds is 6. The van der Waals surface area contributed by atoms with Gasteiger partial charge in [0.2, 0.25) is 0 Å². The quantitative estimate of drug-likeness (QED) is 0.261. The van der Waals surface area contributed by atoms with Crippen molar-refractivity contribution >= 4 is 21.8 Å². The summed E-state index contributed by atoms with van der Waals surface area (Å²) < 4.78 is 29.0. The highest BCUT2D eigenvalue weighted by atomic mass is 32.2. The molecule has 0 saturated carbocycles. The SMILES string of the molecule is C[C@@](CCN1Cc2cc(C#CC#CC3(O)CCN(C4COC4)CC3)cn2C1=O)(C(=O)NO)S(C)(=O)=O. The Morgan fingerprint density at radius 3 is 2.56 bits per heavy atom. The van der Waals surface area contributed by atoms with Crippen molar-refractivity contribution in [3.05, 3.63) is 23.5 Å². The third-order valence-corrected chi connectivity index (χ3v) is 9.34. The van der Waals surface area contributed by atoms with E-state index in [4.69, 9.17) is 9.94 Å². The predicted molar refractivity (Wildman–Crippen MR) is 128 cm³/mol. The molecule has 2 saturated heterocycles. The monoisotopic (exact) mass is 518 g/mol. The van der Waals surface area contributed by atoms with Gasteiger partial charge in [0.15, 0.2) is 14.6 Å². The summed E-state index contributed by atoms with van der Waals surface area (Å²) in [5, 5.41) is 19.6. The smallest absolute Gasteiger partial charge is 0.328 e. The van der Waals surface area contributed by atoms with Gasteiger partial charge in [0.05, 0.1) is 25.8 Å². The number of ether oxygens (including phenoxy) is 1. The van der Waals surface area contributed by atoms with Gasteiger partial charge in [0.25, 0.3) is 5.91 Å². The van der Waals surface area contributed by atoms with Crippen LogP contribution in [0.15, 0.2) is 12.3 Å². The number of sulfone groups is 1. The molecule has 194 valence electrons. The first-order valence-electron chi connectivity index (χ1n) is 11.7. The van der Waals surface area contributed by atoms with Crippen molar-refractivity contribution < 1.29 is 33.1 Å². The van der Waals surface area contributed by atoms with Gasteiger partial charge >= 0.3 is 6.03 Å². The van der Waals surface area contributed by atoms with Crippen LogP contribution >= 0.6 is 0 Å². The third kappa shape index (κ3) is 5.14. The highest BCUT2D eigenvalue weighted by Gasteiger charge is 2.44. The Morgan fingerprint density at radius 1 is 1.31 bits per heavy atom. The van der Waals surface area contributed by atoms with Gasteiger partial charge in [-0.2, -0.15) is 0 Å². The van der Waals surface area contributed by atoms with E-state index in [2.05, 4.69) is 28.6 Å². The van der Waals surface area contributed by atoms with Crippen LogP contribution in [0.4, 0.5) is 4.79 Å². The number of carbonyl (C=O) groups is 2. The molecule has 1 aromatic rings. The molecule has 3 aliphatic rings. The zero-order valence-electron chi connectivity index (χ0n) is 20.3. The number of likely N-dealkylation sites (tertiary alicyclic amines) is 1. The Labute approximate surface area is 210 Å². The van der Waals surface area contributed by atoms with Gasteiger partial charge in [0.1, 0.15) is 5.60 Å². The number of aromatic nitrogens is 1. The molecule has 0 radical (unpaired) electrons. The molecule has 2 fully saturated rings. The summed E-state index contributed by atoms with van der Waals surface area (Å²) in [6.45, 7) is 4.49. The number of aliphatic hydroxyl groups is 1. The normalized spacial score (nSPS) is 21.3. The van der Waals surface area contributed by atoms with Gasteiger partial charge in [-0.3, -0.25) is 19.5 Å². The molecule has 1 atom stereocenters. The second-order valence-electron chi connectivity index (χ2n) is 9.75. The number of hydrogen-bond donors (Lipinski definition) is 3. The van der Waals surface area contributed by atoms with Crippen LogP contribution in [0.25, 0.3) is 0 Å². The van der Waals surface area contributed by atoms with Crippen molar-refractivity contribution in [2.75, 3.05) is 39.1 Å². The van der Waals surface area contributed by atoms with Gasteiger partial charge in [-0.1, -0.05) is 11.8 Å². The van der Waals surface area contributed by atoms with Crippen molar-refractivity contribution in [2.45, 2.75) is 49.1 Å². The maximum atomic E-state index is 12.8. The summed E-state index contributed by atoms with van der Waals surface area (Å²) in [4.78, 5) is 28.5. The van der Waals surface area contributed by atoms with Crippen molar-refractivity contribution in [3.63, 3.8) is 0 Å². The van der Waals surface area contributed by atoms with Crippen LogP contribution in [0.2, 0.25) is 0 Å². The van der Waals surface area contributed by atoms with E-state index < -0.39 is 26.1 Å². The minimum absolute atomic E-state index is 0.00771. The summed E-state index contributed by atoms with van der Waals surface area (Å²) in [6, 6.07) is 1.83. The van der Waals surface area contributed by atoms with Crippen LogP contribution in [0.1, 0.15) is 37.4 Å². The van der Waals surface area contributed by atoms with E-state index in [1.807, 2.05) is 0 Å². The molecule has 0 unspecified atom stereocenters. The van der Waals surface area contributed by atoms with Crippen LogP contribution in [0, 0.1) is 23.7 Å². The third-order valence-electron chi connectivity index (χ3n) is 7.31. The molecule has 0 aliphatic carbocycles. The number of amides is 2. The highest BCUT2D eigenvalue weighted by molar-refractivity contribution is 7.92. The summed E-state index contributed by atoms with van der Waals surface area (Å²) >= 11 is 0. The lowest BCUT2D eigenvalue weighted by Crippen LogP contribution is -2.54. The van der Waals surface area contributed by atoms with E-state index in [0.29, 0.717) is 30.1 Å². The maximum Gasteiger partial charge on any atom is 0.328 e. The molecule has 12 heteroatoms. The lowest BCUT2D eigenvalue weighted by Gasteiger charge is -2.42. The zero-order valence-corrected chi connectivity index (χ0v) is 21.1. The lowest BCUT2D eigenvalue weighted by molar-refractivity contribution is -0.131. The molecule has 3 N–H and O–H groups in total. The molecule has 0 bridgehead atoms. The van der Waals surface area contributed by atoms with Gasteiger partial charge in [0, 0.05) is 56.2 Å². The fraction of sp³-hybridized carbons (Fsp3) is 0.583. The summed E-state index contributed by atoms with van der Waals surface area (Å²) in [6.07, 6.45) is 3.43. The molecule has 3 aliphatic heterocycles. The fourth-order valence-corrected chi connectivity index (χ4v) is 5.31. The molecule has 4 rings (SSSR count). The van der Waals surface area contributed by atoms with E-state index >= 15 is 0 Å². The molecular formula is C24H30N4O7S. The second-order valence-corrected chi connectivity index (χ2v) is 12.2. The molecule has 36 heavy (non-hydrogen) atoms. The molecule has 1 aromatic heterocycles. The molecule has 2 amide bonds. The second kappa shape index (κ2) is 9.88. The first kappa shape index (κ1) is 26.2. The first-order chi connectivity index (χ1) is 17.0. The number of hydroxylamine groups is 1. The highest BCUT2D eigenvalue weighted by Crippen LogP contribution is 2.26. The van der Waals surface area contributed by atoms with E-state index in [1.54, 1.807) is 12.3 Å². The topological polar surface area (TPSA) is 141 Å². The Balaban J connectivity index is 1.34. The van der Waals surface area contributed by atoms with E-state index in [-0.39, 0.29) is 25.5 Å². The van der Waals surface area contributed by atoms with E-state index in [1.165, 1.54) is 21.9 Å². The fourth-order valence-electron chi connectivity index (χ4n) is 4.47. The minimum atomic E-state index is -3.85. The van der Waals surface area contributed by atoms with Crippen molar-refractivity contribution in [3.8, 4) is 23.7 Å². The summed E-state index contributed by atoms with van der Waals surface area (Å²) in [5.74, 6) is 10.2. The van der Waals surface area contributed by atoms with Crippen LogP contribution in [-0.4, -0.2) is 101 Å². The number of carbonyl (C=O) groups excluding carboxylic acids is 2. The molecule has 0 spiro atoms. The van der Waals surface area contributed by atoms with Crippen molar-refractivity contribution in [2.24, 2.45) is 0 Å². The van der Waals surface area contributed by atoms with Gasteiger partial charge in [-0.25, -0.2) is 18.7 Å². The zero-order chi connectivity index (χ0) is 26.1. The Morgan fingerprint density at radius 2 is 2.00 bits per heavy atom. The van der Waals surface area contributed by atoms with Crippen LogP contribution < -0.4 is 5.48 Å². The largest absolute Gasteiger partial charge is 0.378 e. The summed E-state index contributed by atoms with van der Waals surface area (Å²) in [5.41, 5.74) is 1.62. The van der Waals surface area contributed by atoms with Gasteiger partial charge in [-0.05, 0) is 31.3 Å². The number of nitrogens with one attached hydrogen (secondary N) is 1. The van der Waals surface area contributed by atoms with Crippen LogP contribution in [0.3, 0.4) is 0 Å². The predicted octanol–water partition coefficient (Wildman–Crippen LogP) is -0.449. The van der Waals surface area contributed by atoms with Crippen molar-refractivity contribution in [1.82, 2.24) is 19.8 Å². The molecular weight excluding hydrogens is 488 g/mol. The molecule has 0 aromatic carbocycles. The van der Waals surface area contributed by atoms with E-state index in [9.17, 15) is 23.1 Å². The molecule has 4 heterocycles. The average molecular weight is 519 g/mol. The van der Waals surface area contributed by atoms with Crippen molar-refractivity contribution in [1.29, 1.82) is 0 Å². The average Bonchev–Trinajstić information content (AvgIpc) is 3.32. The van der Waals surface area contributed by atoms with Crippen LogP contribution in [0.5, 0.6) is 0 Å². The number of nitrogens with zero attached hydrogens (tertiary/aromatic N) is 3. The number of piperidine rings is 1. The minimum Gasteiger partial charge on any atom is -0.378 e. The first-order valence-corrected chi connectivity index (χ1v) is 13.6. The Hall–Kier alpha value is -2.87. The number of fused-ring (bicyclic) bond motifs is 1. The Kier molecular flexibility index (Phi) is 7.19. The molecule has 11 nitrogen and oxygen atoms in total. The standard InChI is InChI=1S/C24H30N4O7S/c1-23(21(29)25-32,36(2,33)34)7-10-27-15-19-13-18(14-28(19)22(27)30)5-3-4-6-24(31)8-11-26(12-9-24)20-16-35-17-20/h13-14,20,31-32H,7-12,15-17H2,1-2H3,(H,25,29)/t23-/m1/s1. The Bertz CT molecular complexity index is 1270. The van der Waals surface area contributed by atoms with E-state index in [0.717, 1.165) is 32.6 Å². The van der Waals surface area contributed by atoms with Crippen LogP contribution in [-0.2, 0) is 25.9 Å². The summed E-state index contributed by atoms with van der Waals surface area (Å²) in [7, 11) is -3.85. The number of hydrogen-bond acceptors (Lipinski definition) is 8. The van der Waals surface area contributed by atoms with Gasteiger partial charge < -0.3 is 14.7 Å². The maximum absolute atomic E-state index is 12.8.